The third kappa shape index (κ3) is 4.91. The van der Waals surface area contributed by atoms with E-state index < -0.39 is 29.7 Å². The molecule has 1 aliphatic heterocycles. The minimum atomic E-state index is -1.23. The summed E-state index contributed by atoms with van der Waals surface area (Å²) in [5.74, 6) is -3.36. The summed E-state index contributed by atoms with van der Waals surface area (Å²) in [5, 5.41) is 15.4. The van der Waals surface area contributed by atoms with Crippen LogP contribution in [0.3, 0.4) is 0 Å². The monoisotopic (exact) mass is 486 g/mol. The Hall–Kier alpha value is -4.09. The molecule has 8 heteroatoms. The average molecular weight is 487 g/mol. The number of carbonyl (C=O) groups excluding carboxylic acids is 3. The Morgan fingerprint density at radius 3 is 2.37 bits per heavy atom. The molecule has 4 rings (SSSR count). The third-order valence-electron chi connectivity index (χ3n) is 5.87. The van der Waals surface area contributed by atoms with Gasteiger partial charge in [-0.05, 0) is 34.0 Å². The van der Waals surface area contributed by atoms with Crippen LogP contribution in [0, 0.1) is 17.2 Å². The largest absolute Gasteiger partial charge is 0.468 e. The molecule has 0 unspecified atom stereocenters. The van der Waals surface area contributed by atoms with Gasteiger partial charge in [-0.2, -0.15) is 5.26 Å². The van der Waals surface area contributed by atoms with E-state index in [4.69, 9.17) is 9.47 Å². The van der Waals surface area contributed by atoms with Crippen molar-refractivity contribution in [2.75, 3.05) is 14.2 Å². The molecule has 0 saturated heterocycles. The quantitative estimate of drug-likeness (QED) is 0.409. The highest BCUT2D eigenvalue weighted by molar-refractivity contribution is 8.02. The lowest BCUT2D eigenvalue weighted by molar-refractivity contribution is -0.150. The minimum absolute atomic E-state index is 0.261. The molecule has 1 heterocycles. The second-order valence-corrected chi connectivity index (χ2v) is 8.89. The smallest absolute Gasteiger partial charge is 0.337 e. The molecule has 0 bridgehead atoms. The number of allylic oxidation sites excluding steroid dienone is 1. The van der Waals surface area contributed by atoms with Gasteiger partial charge in [0.25, 0.3) is 0 Å². The van der Waals surface area contributed by atoms with Crippen LogP contribution in [0.4, 0.5) is 0 Å². The Labute approximate surface area is 206 Å². The van der Waals surface area contributed by atoms with E-state index in [9.17, 15) is 19.6 Å². The van der Waals surface area contributed by atoms with Crippen LogP contribution in [-0.2, 0) is 24.8 Å². The first-order valence-electron chi connectivity index (χ1n) is 10.8. The fourth-order valence-corrected chi connectivity index (χ4v) is 5.10. The summed E-state index contributed by atoms with van der Waals surface area (Å²) >= 11 is 1.33. The molecule has 0 fully saturated rings. The summed E-state index contributed by atoms with van der Waals surface area (Å²) in [6.45, 7) is 0. The summed E-state index contributed by atoms with van der Waals surface area (Å²) < 4.78 is 9.61. The molecule has 3 aromatic rings. The first-order valence-corrected chi connectivity index (χ1v) is 11.8. The maximum Gasteiger partial charge on any atom is 0.337 e. The molecule has 176 valence electrons. The standard InChI is InChI=1S/C27H22N2O5S/c1-33-26(31)19-11-9-18(10-12-19)22-21(14-28)25(29-24(30)23(22)27(32)34-2)35-15-16-7-8-17-5-3-4-6-20(17)13-16/h3-13,22-23H,15H2,1-2H3,(H,29,30)/t22-,23+/m0/s1. The number of nitrogens with zero attached hydrogens (tertiary/aromatic N) is 1. The molecular weight excluding hydrogens is 464 g/mol. The Morgan fingerprint density at radius 1 is 1.00 bits per heavy atom. The normalized spacial score (nSPS) is 17.5. The number of esters is 2. The summed E-state index contributed by atoms with van der Waals surface area (Å²) in [7, 11) is 2.48. The van der Waals surface area contributed by atoms with Crippen molar-refractivity contribution in [3.63, 3.8) is 0 Å². The maximum atomic E-state index is 13.0. The number of nitrogens with one attached hydrogen (secondary N) is 1. The van der Waals surface area contributed by atoms with E-state index in [1.807, 2.05) is 36.4 Å². The van der Waals surface area contributed by atoms with Crippen molar-refractivity contribution in [1.82, 2.24) is 5.32 Å². The molecule has 1 aliphatic rings. The van der Waals surface area contributed by atoms with Crippen molar-refractivity contribution < 1.29 is 23.9 Å². The molecular formula is C27H22N2O5S. The van der Waals surface area contributed by atoms with Crippen LogP contribution >= 0.6 is 11.8 Å². The molecule has 0 spiro atoms. The van der Waals surface area contributed by atoms with Gasteiger partial charge in [-0.15, -0.1) is 11.8 Å². The van der Waals surface area contributed by atoms with Gasteiger partial charge in [0.1, 0.15) is 5.92 Å². The zero-order valence-corrected chi connectivity index (χ0v) is 19.9. The van der Waals surface area contributed by atoms with E-state index in [-0.39, 0.29) is 5.57 Å². The summed E-state index contributed by atoms with van der Waals surface area (Å²) in [5.41, 5.74) is 2.15. The fourth-order valence-electron chi connectivity index (χ4n) is 4.11. The van der Waals surface area contributed by atoms with Gasteiger partial charge < -0.3 is 14.8 Å². The van der Waals surface area contributed by atoms with E-state index in [1.165, 1.54) is 26.0 Å². The van der Waals surface area contributed by atoms with Crippen LogP contribution in [0.2, 0.25) is 0 Å². The van der Waals surface area contributed by atoms with Crippen molar-refractivity contribution in [3.8, 4) is 6.07 Å². The maximum absolute atomic E-state index is 13.0. The fraction of sp³-hybridized carbons (Fsp3) is 0.185. The predicted molar refractivity (Wildman–Crippen MR) is 132 cm³/mol. The molecule has 35 heavy (non-hydrogen) atoms. The van der Waals surface area contributed by atoms with E-state index in [0.717, 1.165) is 16.3 Å². The molecule has 0 saturated carbocycles. The zero-order valence-electron chi connectivity index (χ0n) is 19.1. The van der Waals surface area contributed by atoms with Crippen molar-refractivity contribution in [2.45, 2.75) is 11.7 Å². The highest BCUT2D eigenvalue weighted by Gasteiger charge is 2.44. The highest BCUT2D eigenvalue weighted by atomic mass is 32.2. The minimum Gasteiger partial charge on any atom is -0.468 e. The van der Waals surface area contributed by atoms with Gasteiger partial charge >= 0.3 is 11.9 Å². The number of benzene rings is 3. The van der Waals surface area contributed by atoms with Gasteiger partial charge in [0.2, 0.25) is 5.91 Å². The molecule has 0 aromatic heterocycles. The van der Waals surface area contributed by atoms with Gasteiger partial charge in [-0.1, -0.05) is 54.6 Å². The van der Waals surface area contributed by atoms with E-state index in [0.29, 0.717) is 21.9 Å². The topological polar surface area (TPSA) is 105 Å². The number of ether oxygens (including phenoxy) is 2. The average Bonchev–Trinajstić information content (AvgIpc) is 2.90. The molecule has 7 nitrogen and oxygen atoms in total. The SMILES string of the molecule is COC(=O)c1ccc([C@H]2C(C#N)=C(SCc3ccc4ccccc4c3)NC(=O)[C@@H]2C(=O)OC)cc1. The summed E-state index contributed by atoms with van der Waals surface area (Å²) in [6, 6.07) is 22.6. The van der Waals surface area contributed by atoms with Crippen LogP contribution in [-0.4, -0.2) is 32.1 Å². The zero-order chi connectivity index (χ0) is 24.9. The number of nitriles is 1. The predicted octanol–water partition coefficient (Wildman–Crippen LogP) is 4.30. The lowest BCUT2D eigenvalue weighted by Gasteiger charge is -2.31. The van der Waals surface area contributed by atoms with Crippen molar-refractivity contribution in [3.05, 3.63) is 94.0 Å². The number of hydrogen-bond donors (Lipinski definition) is 1. The van der Waals surface area contributed by atoms with Gasteiger partial charge in [0.05, 0.1) is 36.5 Å². The number of hydrogen-bond acceptors (Lipinski definition) is 7. The van der Waals surface area contributed by atoms with E-state index in [2.05, 4.69) is 17.5 Å². The van der Waals surface area contributed by atoms with Crippen LogP contribution in [0.15, 0.2) is 77.3 Å². The lowest BCUT2D eigenvalue weighted by atomic mass is 9.78. The number of amides is 1. The number of methoxy groups -OCH3 is 2. The van der Waals surface area contributed by atoms with Gasteiger partial charge in [-0.3, -0.25) is 9.59 Å². The molecule has 0 radical (unpaired) electrons. The van der Waals surface area contributed by atoms with Crippen LogP contribution in [0.25, 0.3) is 10.8 Å². The lowest BCUT2D eigenvalue weighted by Crippen LogP contribution is -2.44. The number of fused-ring (bicyclic) bond motifs is 1. The summed E-state index contributed by atoms with van der Waals surface area (Å²) in [6.07, 6.45) is 0. The Balaban J connectivity index is 1.70. The third-order valence-corrected chi connectivity index (χ3v) is 6.96. The molecule has 1 amide bonds. The van der Waals surface area contributed by atoms with Gasteiger partial charge in [-0.25, -0.2) is 4.79 Å². The van der Waals surface area contributed by atoms with Crippen LogP contribution in [0.5, 0.6) is 0 Å². The molecule has 1 N–H and O–H groups in total. The second-order valence-electron chi connectivity index (χ2n) is 7.91. The number of rotatable bonds is 6. The molecule has 0 aliphatic carbocycles. The van der Waals surface area contributed by atoms with Crippen LogP contribution < -0.4 is 5.32 Å². The van der Waals surface area contributed by atoms with Crippen molar-refractivity contribution >= 4 is 40.4 Å². The van der Waals surface area contributed by atoms with E-state index in [1.54, 1.807) is 24.3 Å². The van der Waals surface area contributed by atoms with Crippen molar-refractivity contribution in [2.24, 2.45) is 5.92 Å². The number of carbonyl (C=O) groups is 3. The van der Waals surface area contributed by atoms with Crippen LogP contribution in [0.1, 0.15) is 27.4 Å². The Bertz CT molecular complexity index is 1370. The highest BCUT2D eigenvalue weighted by Crippen LogP contribution is 2.41. The molecule has 2 atom stereocenters. The Morgan fingerprint density at radius 2 is 1.71 bits per heavy atom. The summed E-state index contributed by atoms with van der Waals surface area (Å²) in [4.78, 5) is 37.4. The van der Waals surface area contributed by atoms with Gasteiger partial charge in [0, 0.05) is 11.7 Å². The molecule has 3 aromatic carbocycles. The van der Waals surface area contributed by atoms with E-state index >= 15 is 0 Å². The Kier molecular flexibility index (Phi) is 7.18. The first kappa shape index (κ1) is 24.0. The van der Waals surface area contributed by atoms with Crippen molar-refractivity contribution in [1.29, 1.82) is 5.26 Å². The first-order chi connectivity index (χ1) is 17.0. The van der Waals surface area contributed by atoms with Gasteiger partial charge in [0.15, 0.2) is 0 Å². The second kappa shape index (κ2) is 10.5. The number of thioether (sulfide) groups is 1.